The van der Waals surface area contributed by atoms with Crippen molar-refractivity contribution in [1.82, 2.24) is 0 Å². The van der Waals surface area contributed by atoms with Crippen molar-refractivity contribution in [3.63, 3.8) is 0 Å². The predicted molar refractivity (Wildman–Crippen MR) is 152 cm³/mol. The zero-order chi connectivity index (χ0) is 28.9. The summed E-state index contributed by atoms with van der Waals surface area (Å²) in [6.45, 7) is 26.2. The Morgan fingerprint density at radius 1 is 0.857 bits per heavy atom. The van der Waals surface area contributed by atoms with Gasteiger partial charge in [0, 0.05) is 20.3 Å². The molecule has 8 heteroatoms. The Kier molecular flexibility index (Phi) is 39.0. The Morgan fingerprint density at radius 3 is 1.49 bits per heavy atom. The Labute approximate surface area is 218 Å². The minimum Gasteiger partial charge on any atom is -0.403 e. The summed E-state index contributed by atoms with van der Waals surface area (Å²) in [6, 6.07) is 0. The van der Waals surface area contributed by atoms with Gasteiger partial charge in [0.1, 0.15) is 0 Å². The van der Waals surface area contributed by atoms with E-state index in [2.05, 4.69) is 48.1 Å². The second-order valence-electron chi connectivity index (χ2n) is 7.93. The van der Waals surface area contributed by atoms with Crippen LogP contribution in [0.4, 0.5) is 0 Å². The number of aliphatic hydroxyl groups excluding tert-OH is 4. The Morgan fingerprint density at radius 2 is 1.26 bits per heavy atom. The summed E-state index contributed by atoms with van der Waals surface area (Å²) < 4.78 is 16.2. The molecule has 35 heavy (non-hydrogen) atoms. The largest absolute Gasteiger partial charge is 0.454 e. The van der Waals surface area contributed by atoms with Crippen molar-refractivity contribution < 1.29 is 34.5 Å². The molecule has 0 bridgehead atoms. The van der Waals surface area contributed by atoms with Gasteiger partial charge in [0.15, 0.2) is 0 Å². The molecule has 0 aliphatic carbocycles. The first-order valence-electron chi connectivity index (χ1n) is 12.6. The van der Waals surface area contributed by atoms with Crippen LogP contribution < -0.4 is 0 Å². The van der Waals surface area contributed by atoms with Crippen molar-refractivity contribution >= 4 is 7.12 Å². The quantitative estimate of drug-likeness (QED) is 0.252. The smallest absolute Gasteiger partial charge is 0.403 e. The summed E-state index contributed by atoms with van der Waals surface area (Å²) in [5.74, 6) is 0. The van der Waals surface area contributed by atoms with Gasteiger partial charge in [-0.2, -0.15) is 0 Å². The highest BCUT2D eigenvalue weighted by Gasteiger charge is 2.48. The summed E-state index contributed by atoms with van der Waals surface area (Å²) in [6.07, 6.45) is 8.59. The fourth-order valence-corrected chi connectivity index (χ4v) is 2.28. The molecule has 1 aliphatic rings. The number of hydrogen-bond acceptors (Lipinski definition) is 7. The molecule has 0 spiro atoms. The maximum Gasteiger partial charge on any atom is 0.454 e. The molecule has 0 atom stereocenters. The maximum absolute atomic E-state index is 8.54. The van der Waals surface area contributed by atoms with Crippen LogP contribution in [0.1, 0.15) is 82.1 Å². The first-order valence-corrected chi connectivity index (χ1v) is 12.6. The lowest BCUT2D eigenvalue weighted by Gasteiger charge is -2.32. The summed E-state index contributed by atoms with van der Waals surface area (Å²) in [5.41, 5.74) is 0.988. The van der Waals surface area contributed by atoms with Crippen molar-refractivity contribution in [2.45, 2.75) is 106 Å². The number of rotatable bonds is 9. The average molecular weight is 507 g/mol. The SMILES string of the molecule is C=C/C=C\C=C(C)C.CB1OC(C)(C)C(C)(C)O1.CC.CC.CO.OCCOC(CCO)CCO. The van der Waals surface area contributed by atoms with Crippen LogP contribution in [-0.2, 0) is 14.0 Å². The zero-order valence-corrected chi connectivity index (χ0v) is 24.9. The molecule has 1 saturated heterocycles. The van der Waals surface area contributed by atoms with Crippen LogP contribution in [0, 0.1) is 0 Å². The molecular weight excluding hydrogens is 447 g/mol. The highest BCUT2D eigenvalue weighted by atomic mass is 16.7. The first-order chi connectivity index (χ1) is 16.5. The highest BCUT2D eigenvalue weighted by molar-refractivity contribution is 6.43. The van der Waals surface area contributed by atoms with E-state index >= 15 is 0 Å². The lowest BCUT2D eigenvalue weighted by molar-refractivity contribution is 0.00274. The Hall–Kier alpha value is -0.995. The third-order valence-corrected chi connectivity index (χ3v) is 4.39. The van der Waals surface area contributed by atoms with Crippen LogP contribution in [0.5, 0.6) is 0 Å². The van der Waals surface area contributed by atoms with Gasteiger partial charge < -0.3 is 34.5 Å². The molecular formula is C27H59BO7. The zero-order valence-electron chi connectivity index (χ0n) is 24.9. The van der Waals surface area contributed by atoms with E-state index in [0.29, 0.717) is 12.8 Å². The normalized spacial score (nSPS) is 14.4. The van der Waals surface area contributed by atoms with Crippen LogP contribution in [0.2, 0.25) is 6.82 Å². The molecule has 1 heterocycles. The monoisotopic (exact) mass is 506 g/mol. The van der Waals surface area contributed by atoms with E-state index in [-0.39, 0.29) is 50.9 Å². The number of aliphatic hydroxyl groups is 4. The van der Waals surface area contributed by atoms with Gasteiger partial charge in [-0.3, -0.25) is 0 Å². The third-order valence-electron chi connectivity index (χ3n) is 4.39. The number of allylic oxidation sites excluding steroid dienone is 5. The topological polar surface area (TPSA) is 109 Å². The van der Waals surface area contributed by atoms with Crippen LogP contribution in [-0.4, -0.2) is 78.4 Å². The molecule has 0 radical (unpaired) electrons. The molecule has 0 aromatic rings. The predicted octanol–water partition coefficient (Wildman–Crippen LogP) is 5.19. The molecule has 0 aromatic heterocycles. The fourth-order valence-electron chi connectivity index (χ4n) is 2.28. The summed E-state index contributed by atoms with van der Waals surface area (Å²) in [7, 11) is 0.935. The summed E-state index contributed by atoms with van der Waals surface area (Å²) >= 11 is 0. The van der Waals surface area contributed by atoms with Crippen LogP contribution >= 0.6 is 0 Å². The average Bonchev–Trinajstić information content (AvgIpc) is 3.01. The van der Waals surface area contributed by atoms with Gasteiger partial charge >= 0.3 is 7.12 Å². The molecule has 1 aliphatic heterocycles. The van der Waals surface area contributed by atoms with Gasteiger partial charge in [0.25, 0.3) is 0 Å². The summed E-state index contributed by atoms with van der Waals surface area (Å²) in [4.78, 5) is 0. The minimum atomic E-state index is -0.160. The molecule has 0 saturated carbocycles. The lowest BCUT2D eigenvalue weighted by Crippen LogP contribution is -2.41. The molecule has 0 aromatic carbocycles. The fraction of sp³-hybridized carbons (Fsp3) is 0.778. The second-order valence-corrected chi connectivity index (χ2v) is 7.93. The number of ether oxygens (including phenoxy) is 1. The molecule has 7 nitrogen and oxygen atoms in total. The molecule has 0 unspecified atom stereocenters. The van der Waals surface area contributed by atoms with Gasteiger partial charge in [-0.1, -0.05) is 64.2 Å². The van der Waals surface area contributed by atoms with Crippen molar-refractivity contribution in [2.24, 2.45) is 0 Å². The lowest BCUT2D eigenvalue weighted by atomic mass is 9.90. The highest BCUT2D eigenvalue weighted by Crippen LogP contribution is 2.36. The van der Waals surface area contributed by atoms with Crippen molar-refractivity contribution in [2.75, 3.05) is 33.5 Å². The molecule has 1 fully saturated rings. The van der Waals surface area contributed by atoms with E-state index in [1.807, 2.05) is 52.7 Å². The van der Waals surface area contributed by atoms with Crippen LogP contribution in [0.3, 0.4) is 0 Å². The Bertz CT molecular complexity index is 452. The third kappa shape index (κ3) is 29.1. The summed E-state index contributed by atoms with van der Waals surface area (Å²) in [5, 5.41) is 32.5. The number of hydrogen-bond donors (Lipinski definition) is 4. The maximum atomic E-state index is 8.54. The van der Waals surface area contributed by atoms with Crippen molar-refractivity contribution in [3.8, 4) is 0 Å². The minimum absolute atomic E-state index is 0.0205. The molecule has 0 amide bonds. The van der Waals surface area contributed by atoms with Gasteiger partial charge in [0.05, 0.1) is 30.5 Å². The van der Waals surface area contributed by atoms with Crippen molar-refractivity contribution in [3.05, 3.63) is 36.5 Å². The molecule has 212 valence electrons. The second kappa shape index (κ2) is 31.0. The van der Waals surface area contributed by atoms with E-state index in [0.717, 1.165) is 7.11 Å². The van der Waals surface area contributed by atoms with E-state index < -0.39 is 0 Å². The first kappa shape index (κ1) is 44.0. The van der Waals surface area contributed by atoms with Gasteiger partial charge in [0.2, 0.25) is 0 Å². The van der Waals surface area contributed by atoms with Crippen molar-refractivity contribution in [1.29, 1.82) is 0 Å². The van der Waals surface area contributed by atoms with Gasteiger partial charge in [-0.25, -0.2) is 0 Å². The van der Waals surface area contributed by atoms with E-state index in [9.17, 15) is 0 Å². The van der Waals surface area contributed by atoms with E-state index in [1.54, 1.807) is 6.08 Å². The van der Waals surface area contributed by atoms with Crippen LogP contribution in [0.15, 0.2) is 36.5 Å². The van der Waals surface area contributed by atoms with E-state index in [1.165, 1.54) is 5.57 Å². The van der Waals surface area contributed by atoms with Crippen LogP contribution in [0.25, 0.3) is 0 Å². The Balaban J connectivity index is -0.000000117. The standard InChI is InChI=1S/C8H12.C7H15BO2.C7H16O4.2C2H6.CH4O/c1-4-5-6-7-8(2)3;1-6(2)7(3,4)10-8(5)9-6;8-3-1-7(2-4-9)11-6-5-10;3*1-2/h4-7H,1H2,2-3H3;1-5H3;7-10H,1-6H2;2*1-2H3;2H,1H3/b6-5-;;;;;. The molecule has 1 rings (SSSR count). The van der Waals surface area contributed by atoms with Gasteiger partial charge in [-0.05, 0) is 61.2 Å². The van der Waals surface area contributed by atoms with Gasteiger partial charge in [-0.15, -0.1) is 0 Å². The van der Waals surface area contributed by atoms with E-state index in [4.69, 9.17) is 34.5 Å². The molecule has 4 N–H and O–H groups in total.